The van der Waals surface area contributed by atoms with E-state index in [1.807, 2.05) is 37.4 Å². The smallest absolute Gasteiger partial charge is 0.270 e. The van der Waals surface area contributed by atoms with Crippen molar-refractivity contribution >= 4 is 5.91 Å². The molecular weight excluding hydrogens is 238 g/mol. The minimum absolute atomic E-state index is 0.0259. The van der Waals surface area contributed by atoms with Crippen LogP contribution in [0.2, 0.25) is 0 Å². The third kappa shape index (κ3) is 2.26. The maximum Gasteiger partial charge on any atom is 0.270 e. The van der Waals surface area contributed by atoms with Gasteiger partial charge in [0.25, 0.3) is 5.91 Å². The molecule has 1 N–H and O–H groups in total. The summed E-state index contributed by atoms with van der Waals surface area (Å²) in [6.45, 7) is 0.555. The summed E-state index contributed by atoms with van der Waals surface area (Å²) in [5.74, 6) is -0.0259. The molecule has 0 unspecified atom stereocenters. The first-order valence-electron chi connectivity index (χ1n) is 6.62. The normalized spacial score (nSPS) is 13.3. The Morgan fingerprint density at radius 3 is 2.89 bits per heavy atom. The molecule has 98 valence electrons. The van der Waals surface area contributed by atoms with Crippen molar-refractivity contribution in [3.8, 4) is 0 Å². The molecule has 1 aliphatic rings. The molecule has 0 aliphatic heterocycles. The molecule has 0 spiro atoms. The fourth-order valence-corrected chi connectivity index (χ4v) is 2.67. The molecule has 0 radical (unpaired) electrons. The van der Waals surface area contributed by atoms with Gasteiger partial charge in [-0.15, -0.1) is 0 Å². The Bertz CT molecular complexity index is 601. The highest BCUT2D eigenvalue weighted by Gasteiger charge is 2.24. The third-order valence-electron chi connectivity index (χ3n) is 3.58. The summed E-state index contributed by atoms with van der Waals surface area (Å²) in [5.41, 5.74) is 4.05. The molecule has 19 heavy (non-hydrogen) atoms. The summed E-state index contributed by atoms with van der Waals surface area (Å²) in [6, 6.07) is 9.94. The van der Waals surface area contributed by atoms with E-state index in [9.17, 15) is 4.79 Å². The van der Waals surface area contributed by atoms with Crippen LogP contribution in [0.4, 0.5) is 0 Å². The SMILES string of the molecule is Cn1nc2c(c1C(=O)NCc1ccccc1)CCC2. The molecule has 3 rings (SSSR count). The average molecular weight is 255 g/mol. The predicted octanol–water partition coefficient (Wildman–Crippen LogP) is 1.84. The van der Waals surface area contributed by atoms with Crippen LogP contribution in [0.15, 0.2) is 30.3 Å². The van der Waals surface area contributed by atoms with Gasteiger partial charge in [0, 0.05) is 19.2 Å². The van der Waals surface area contributed by atoms with Crippen molar-refractivity contribution in [2.45, 2.75) is 25.8 Å². The molecule has 1 aromatic carbocycles. The van der Waals surface area contributed by atoms with Gasteiger partial charge in [-0.2, -0.15) is 5.10 Å². The molecule has 4 heteroatoms. The molecule has 1 amide bonds. The zero-order valence-electron chi connectivity index (χ0n) is 11.0. The number of carbonyl (C=O) groups is 1. The predicted molar refractivity (Wildman–Crippen MR) is 72.8 cm³/mol. The van der Waals surface area contributed by atoms with Crippen LogP contribution in [0.1, 0.15) is 33.7 Å². The molecule has 0 saturated heterocycles. The number of fused-ring (bicyclic) bond motifs is 1. The number of nitrogens with one attached hydrogen (secondary N) is 1. The largest absolute Gasteiger partial charge is 0.347 e. The van der Waals surface area contributed by atoms with Gasteiger partial charge in [0.1, 0.15) is 5.69 Å². The summed E-state index contributed by atoms with van der Waals surface area (Å²) < 4.78 is 1.71. The van der Waals surface area contributed by atoms with Gasteiger partial charge in [-0.3, -0.25) is 9.48 Å². The van der Waals surface area contributed by atoms with E-state index >= 15 is 0 Å². The second-order valence-corrected chi connectivity index (χ2v) is 4.92. The lowest BCUT2D eigenvalue weighted by atomic mass is 10.2. The topological polar surface area (TPSA) is 46.9 Å². The fraction of sp³-hybridized carbons (Fsp3) is 0.333. The van der Waals surface area contributed by atoms with Crippen LogP contribution in [0.5, 0.6) is 0 Å². The van der Waals surface area contributed by atoms with E-state index in [-0.39, 0.29) is 5.91 Å². The summed E-state index contributed by atoms with van der Waals surface area (Å²) in [7, 11) is 1.84. The third-order valence-corrected chi connectivity index (χ3v) is 3.58. The maximum absolute atomic E-state index is 12.3. The first-order valence-corrected chi connectivity index (χ1v) is 6.62. The Labute approximate surface area is 112 Å². The van der Waals surface area contributed by atoms with Gasteiger partial charge in [-0.05, 0) is 24.8 Å². The molecule has 0 fully saturated rings. The Kier molecular flexibility index (Phi) is 3.07. The second-order valence-electron chi connectivity index (χ2n) is 4.92. The molecule has 0 atom stereocenters. The average Bonchev–Trinajstić information content (AvgIpc) is 2.97. The number of amides is 1. The highest BCUT2D eigenvalue weighted by atomic mass is 16.2. The van der Waals surface area contributed by atoms with E-state index in [2.05, 4.69) is 10.4 Å². The minimum Gasteiger partial charge on any atom is -0.347 e. The minimum atomic E-state index is -0.0259. The zero-order valence-corrected chi connectivity index (χ0v) is 11.0. The quantitative estimate of drug-likeness (QED) is 0.909. The standard InChI is InChI=1S/C15H17N3O/c1-18-14(12-8-5-9-13(12)17-18)15(19)16-10-11-6-3-2-4-7-11/h2-4,6-7H,5,8-10H2,1H3,(H,16,19). The van der Waals surface area contributed by atoms with E-state index in [1.165, 1.54) is 0 Å². The lowest BCUT2D eigenvalue weighted by molar-refractivity contribution is 0.0940. The van der Waals surface area contributed by atoms with Crippen molar-refractivity contribution in [2.75, 3.05) is 0 Å². The number of hydrogen-bond acceptors (Lipinski definition) is 2. The Hall–Kier alpha value is -2.10. The summed E-state index contributed by atoms with van der Waals surface area (Å²) in [6.07, 6.45) is 3.07. The Balaban J connectivity index is 1.74. The number of aromatic nitrogens is 2. The van der Waals surface area contributed by atoms with Crippen molar-refractivity contribution in [3.63, 3.8) is 0 Å². The number of rotatable bonds is 3. The van der Waals surface area contributed by atoms with E-state index in [4.69, 9.17) is 0 Å². The van der Waals surface area contributed by atoms with Crippen LogP contribution in [0, 0.1) is 0 Å². The van der Waals surface area contributed by atoms with Gasteiger partial charge in [-0.1, -0.05) is 30.3 Å². The van der Waals surface area contributed by atoms with E-state index < -0.39 is 0 Å². The van der Waals surface area contributed by atoms with Crippen LogP contribution >= 0.6 is 0 Å². The van der Waals surface area contributed by atoms with Crippen molar-refractivity contribution < 1.29 is 4.79 Å². The number of nitrogens with zero attached hydrogens (tertiary/aromatic N) is 2. The van der Waals surface area contributed by atoms with Gasteiger partial charge in [0.05, 0.1) is 5.69 Å². The molecule has 1 aliphatic carbocycles. The Morgan fingerprint density at radius 2 is 2.11 bits per heavy atom. The fourth-order valence-electron chi connectivity index (χ4n) is 2.67. The van der Waals surface area contributed by atoms with Crippen molar-refractivity contribution in [3.05, 3.63) is 52.8 Å². The van der Waals surface area contributed by atoms with Gasteiger partial charge in [0.15, 0.2) is 0 Å². The van der Waals surface area contributed by atoms with E-state index in [0.29, 0.717) is 6.54 Å². The molecule has 0 bridgehead atoms. The van der Waals surface area contributed by atoms with Gasteiger partial charge in [0.2, 0.25) is 0 Å². The number of hydrogen-bond donors (Lipinski definition) is 1. The maximum atomic E-state index is 12.3. The number of carbonyl (C=O) groups excluding carboxylic acids is 1. The van der Waals surface area contributed by atoms with Crippen LogP contribution < -0.4 is 5.32 Å². The van der Waals surface area contributed by atoms with Crippen LogP contribution in [-0.4, -0.2) is 15.7 Å². The van der Waals surface area contributed by atoms with E-state index in [0.717, 1.165) is 41.8 Å². The van der Waals surface area contributed by atoms with E-state index in [1.54, 1.807) is 4.68 Å². The molecule has 1 heterocycles. The first-order chi connectivity index (χ1) is 9.25. The van der Waals surface area contributed by atoms with Gasteiger partial charge < -0.3 is 5.32 Å². The second kappa shape index (κ2) is 4.88. The zero-order chi connectivity index (χ0) is 13.2. The van der Waals surface area contributed by atoms with Crippen LogP contribution in [-0.2, 0) is 26.4 Å². The van der Waals surface area contributed by atoms with Crippen LogP contribution in [0.25, 0.3) is 0 Å². The molecule has 0 saturated carbocycles. The van der Waals surface area contributed by atoms with Crippen molar-refractivity contribution in [1.82, 2.24) is 15.1 Å². The summed E-state index contributed by atoms with van der Waals surface area (Å²) >= 11 is 0. The van der Waals surface area contributed by atoms with Gasteiger partial charge in [-0.25, -0.2) is 0 Å². The number of benzene rings is 1. The highest BCUT2D eigenvalue weighted by Crippen LogP contribution is 2.24. The van der Waals surface area contributed by atoms with Gasteiger partial charge >= 0.3 is 0 Å². The monoisotopic (exact) mass is 255 g/mol. The molecule has 2 aromatic rings. The van der Waals surface area contributed by atoms with Crippen LogP contribution in [0.3, 0.4) is 0 Å². The molecule has 1 aromatic heterocycles. The van der Waals surface area contributed by atoms with Crippen molar-refractivity contribution in [1.29, 1.82) is 0 Å². The lowest BCUT2D eigenvalue weighted by Gasteiger charge is -2.07. The summed E-state index contributed by atoms with van der Waals surface area (Å²) in [4.78, 5) is 12.3. The summed E-state index contributed by atoms with van der Waals surface area (Å²) in [5, 5.41) is 7.40. The molecule has 4 nitrogen and oxygen atoms in total. The number of aryl methyl sites for hydroxylation is 2. The van der Waals surface area contributed by atoms with Crippen molar-refractivity contribution in [2.24, 2.45) is 7.05 Å². The highest BCUT2D eigenvalue weighted by molar-refractivity contribution is 5.94. The Morgan fingerprint density at radius 1 is 1.32 bits per heavy atom. The first kappa shape index (κ1) is 12.0. The molecular formula is C15H17N3O. The lowest BCUT2D eigenvalue weighted by Crippen LogP contribution is -2.26.